The number of rotatable bonds is 10. The van der Waals surface area contributed by atoms with Crippen molar-refractivity contribution in [3.63, 3.8) is 0 Å². The van der Waals surface area contributed by atoms with Crippen LogP contribution in [0.15, 0.2) is 40.1 Å². The Kier molecular flexibility index (Phi) is 8.71. The van der Waals surface area contributed by atoms with E-state index in [4.69, 9.17) is 0 Å². The Morgan fingerprint density at radius 1 is 1.08 bits per heavy atom. The molecule has 1 N–H and O–H groups in total. The maximum Gasteiger partial charge on any atom is 0.202 e. The van der Waals surface area contributed by atoms with Gasteiger partial charge in [-0.15, -0.1) is 0 Å². The van der Waals surface area contributed by atoms with Gasteiger partial charge in [0.2, 0.25) is 9.84 Å². The van der Waals surface area contributed by atoms with Crippen molar-refractivity contribution in [1.29, 1.82) is 0 Å². The molecule has 0 heterocycles. The molecule has 24 heavy (non-hydrogen) atoms. The Morgan fingerprint density at radius 2 is 1.62 bits per heavy atom. The number of hydrogen-bond donors (Lipinski definition) is 1. The van der Waals surface area contributed by atoms with E-state index in [9.17, 15) is 13.5 Å². The lowest BCUT2D eigenvalue weighted by Gasteiger charge is -2.18. The van der Waals surface area contributed by atoms with Crippen molar-refractivity contribution in [2.45, 2.75) is 77.2 Å². The highest BCUT2D eigenvalue weighted by Gasteiger charge is 2.26. The van der Waals surface area contributed by atoms with E-state index in [1.807, 2.05) is 26.0 Å². The van der Waals surface area contributed by atoms with Gasteiger partial charge in [0, 0.05) is 0 Å². The number of aryl methyl sites for hydroxylation is 1. The first-order chi connectivity index (χ1) is 11.3. The zero-order valence-corrected chi connectivity index (χ0v) is 16.3. The van der Waals surface area contributed by atoms with Crippen molar-refractivity contribution in [2.24, 2.45) is 5.92 Å². The first-order valence-electron chi connectivity index (χ1n) is 9.04. The normalized spacial score (nSPS) is 15.3. The van der Waals surface area contributed by atoms with Gasteiger partial charge < -0.3 is 5.11 Å². The lowest BCUT2D eigenvalue weighted by molar-refractivity contribution is 0.208. The molecule has 0 saturated carbocycles. The highest BCUT2D eigenvalue weighted by molar-refractivity contribution is 7.95. The van der Waals surface area contributed by atoms with Crippen LogP contribution in [0.2, 0.25) is 0 Å². The van der Waals surface area contributed by atoms with Crippen LogP contribution in [0.1, 0.15) is 64.9 Å². The van der Waals surface area contributed by atoms with E-state index in [0.717, 1.165) is 37.7 Å². The molecule has 0 aliphatic rings. The van der Waals surface area contributed by atoms with E-state index in [2.05, 4.69) is 13.8 Å². The van der Waals surface area contributed by atoms with Gasteiger partial charge in [-0.2, -0.15) is 0 Å². The van der Waals surface area contributed by atoms with Gasteiger partial charge >= 0.3 is 0 Å². The number of aliphatic hydroxyl groups excluding tert-OH is 1. The first-order valence-corrected chi connectivity index (χ1v) is 10.5. The summed E-state index contributed by atoms with van der Waals surface area (Å²) in [4.78, 5) is 0.675. The van der Waals surface area contributed by atoms with E-state index in [0.29, 0.717) is 16.2 Å². The Labute approximate surface area is 147 Å². The van der Waals surface area contributed by atoms with Crippen molar-refractivity contribution in [1.82, 2.24) is 0 Å². The Hall–Kier alpha value is -1.13. The highest BCUT2D eigenvalue weighted by atomic mass is 32.2. The topological polar surface area (TPSA) is 54.4 Å². The van der Waals surface area contributed by atoms with Crippen LogP contribution in [0.25, 0.3) is 0 Å². The van der Waals surface area contributed by atoms with E-state index >= 15 is 0 Å². The Bertz CT molecular complexity index is 615. The average Bonchev–Trinajstić information content (AvgIpc) is 2.55. The van der Waals surface area contributed by atoms with Gasteiger partial charge in [0.25, 0.3) is 0 Å². The highest BCUT2D eigenvalue weighted by Crippen LogP contribution is 2.29. The standard InChI is InChI=1S/C20H32O3S/c1-5-7-9-17(4)20(15-18(21)10-8-6-2)24(22,23)19-13-11-16(3)12-14-19/h11-15,17-18,21H,5-10H2,1-4H3/b20-15+/t17-,18+/m1/s1. The van der Waals surface area contributed by atoms with Gasteiger partial charge in [0.1, 0.15) is 0 Å². The molecule has 1 aromatic carbocycles. The van der Waals surface area contributed by atoms with Crippen LogP contribution in [0.3, 0.4) is 0 Å². The number of benzene rings is 1. The molecule has 2 atom stereocenters. The molecule has 0 unspecified atom stereocenters. The van der Waals surface area contributed by atoms with Crippen molar-refractivity contribution in [2.75, 3.05) is 0 Å². The summed E-state index contributed by atoms with van der Waals surface area (Å²) >= 11 is 0. The van der Waals surface area contributed by atoms with Gasteiger partial charge in [0.05, 0.1) is 15.9 Å². The van der Waals surface area contributed by atoms with Crippen LogP contribution >= 0.6 is 0 Å². The number of sulfone groups is 1. The van der Waals surface area contributed by atoms with Gasteiger partial charge in [-0.05, 0) is 43.9 Å². The van der Waals surface area contributed by atoms with Crippen LogP contribution in [0.4, 0.5) is 0 Å². The summed E-state index contributed by atoms with van der Waals surface area (Å²) in [5.41, 5.74) is 1.03. The second-order valence-electron chi connectivity index (χ2n) is 6.64. The maximum absolute atomic E-state index is 13.1. The van der Waals surface area contributed by atoms with Crippen molar-refractivity contribution in [3.05, 3.63) is 40.8 Å². The largest absolute Gasteiger partial charge is 0.389 e. The van der Waals surface area contributed by atoms with Gasteiger partial charge in [-0.1, -0.05) is 64.2 Å². The zero-order chi connectivity index (χ0) is 18.2. The van der Waals surface area contributed by atoms with E-state index in [1.165, 1.54) is 0 Å². The summed E-state index contributed by atoms with van der Waals surface area (Å²) in [6.45, 7) is 8.04. The van der Waals surface area contributed by atoms with Gasteiger partial charge in [0.15, 0.2) is 0 Å². The third-order valence-electron chi connectivity index (χ3n) is 4.33. The molecule has 0 spiro atoms. The molecule has 0 bridgehead atoms. The van der Waals surface area contributed by atoms with Gasteiger partial charge in [-0.25, -0.2) is 8.42 Å². The third-order valence-corrected chi connectivity index (χ3v) is 6.38. The van der Waals surface area contributed by atoms with Crippen molar-refractivity contribution < 1.29 is 13.5 Å². The summed E-state index contributed by atoms with van der Waals surface area (Å²) in [7, 11) is -3.57. The summed E-state index contributed by atoms with van der Waals surface area (Å²) < 4.78 is 26.2. The minimum absolute atomic E-state index is 0.0903. The van der Waals surface area contributed by atoms with Crippen LogP contribution in [-0.2, 0) is 9.84 Å². The molecule has 0 amide bonds. The maximum atomic E-state index is 13.1. The number of unbranched alkanes of at least 4 members (excludes halogenated alkanes) is 2. The summed E-state index contributed by atoms with van der Waals surface area (Å²) in [5, 5.41) is 10.2. The first kappa shape index (κ1) is 20.9. The van der Waals surface area contributed by atoms with Crippen LogP contribution < -0.4 is 0 Å². The number of aliphatic hydroxyl groups is 1. The molecule has 0 saturated heterocycles. The average molecular weight is 353 g/mol. The minimum Gasteiger partial charge on any atom is -0.389 e. The van der Waals surface area contributed by atoms with Gasteiger partial charge in [-0.3, -0.25) is 0 Å². The molecule has 4 heteroatoms. The molecule has 0 radical (unpaired) electrons. The smallest absolute Gasteiger partial charge is 0.202 e. The molecule has 1 rings (SSSR count). The van der Waals surface area contributed by atoms with Crippen LogP contribution in [0.5, 0.6) is 0 Å². The monoisotopic (exact) mass is 352 g/mol. The van der Waals surface area contributed by atoms with Crippen LogP contribution in [0, 0.1) is 12.8 Å². The second-order valence-corrected chi connectivity index (χ2v) is 8.59. The predicted octanol–water partition coefficient (Wildman–Crippen LogP) is 5.03. The molecule has 0 fully saturated rings. The molecule has 0 aliphatic carbocycles. The Balaban J connectivity index is 3.19. The zero-order valence-electron chi connectivity index (χ0n) is 15.5. The third kappa shape index (κ3) is 6.06. The summed E-state index contributed by atoms with van der Waals surface area (Å²) in [5.74, 6) is -0.0903. The number of hydrogen-bond acceptors (Lipinski definition) is 3. The second kappa shape index (κ2) is 10.00. The summed E-state index contributed by atoms with van der Waals surface area (Å²) in [6, 6.07) is 6.94. The fourth-order valence-corrected chi connectivity index (χ4v) is 4.46. The minimum atomic E-state index is -3.57. The molecule has 1 aromatic rings. The Morgan fingerprint density at radius 3 is 2.17 bits per heavy atom. The fourth-order valence-electron chi connectivity index (χ4n) is 2.71. The summed E-state index contributed by atoms with van der Waals surface area (Å²) in [6.07, 6.45) is 6.16. The van der Waals surface area contributed by atoms with Crippen LogP contribution in [-0.4, -0.2) is 19.6 Å². The van der Waals surface area contributed by atoms with E-state index < -0.39 is 15.9 Å². The SMILES string of the molecule is CCCC[C@H](O)/C=C(\[C@H](C)CCCC)S(=O)(=O)c1ccc(C)cc1. The molecule has 3 nitrogen and oxygen atoms in total. The lowest BCUT2D eigenvalue weighted by atomic mass is 10.0. The van der Waals surface area contributed by atoms with E-state index in [1.54, 1.807) is 18.2 Å². The molecule has 0 aliphatic heterocycles. The van der Waals surface area contributed by atoms with E-state index in [-0.39, 0.29) is 5.92 Å². The predicted molar refractivity (Wildman–Crippen MR) is 101 cm³/mol. The molecular weight excluding hydrogens is 320 g/mol. The van der Waals surface area contributed by atoms with Crippen molar-refractivity contribution in [3.8, 4) is 0 Å². The molecule has 0 aromatic heterocycles. The van der Waals surface area contributed by atoms with Crippen molar-refractivity contribution >= 4 is 9.84 Å². The molecule has 136 valence electrons. The molecular formula is C20H32O3S. The lowest BCUT2D eigenvalue weighted by Crippen LogP contribution is -2.16. The number of allylic oxidation sites excluding steroid dienone is 1. The fraction of sp³-hybridized carbons (Fsp3) is 0.600. The quantitative estimate of drug-likeness (QED) is 0.642.